The number of nitrogens with zero attached hydrogens (tertiary/aromatic N) is 2. The zero-order chi connectivity index (χ0) is 12.3. The van der Waals surface area contributed by atoms with Gasteiger partial charge >= 0.3 is 0 Å². The zero-order valence-electron chi connectivity index (χ0n) is 9.76. The standard InChI is InChI=1S/C13H15N3O/c1-2-16-8-7-15-13(16)9-12(17)10-3-5-11(14)6-4-10/h3-8H,2,9,14H2,1H3. The van der Waals surface area contributed by atoms with Crippen molar-refractivity contribution in [3.63, 3.8) is 0 Å². The third kappa shape index (κ3) is 2.53. The lowest BCUT2D eigenvalue weighted by molar-refractivity contribution is 0.0990. The van der Waals surface area contributed by atoms with Crippen molar-refractivity contribution in [2.45, 2.75) is 19.9 Å². The van der Waals surface area contributed by atoms with Gasteiger partial charge in [0.2, 0.25) is 0 Å². The van der Waals surface area contributed by atoms with Crippen molar-refractivity contribution in [1.82, 2.24) is 9.55 Å². The largest absolute Gasteiger partial charge is 0.399 e. The number of ketones is 1. The molecule has 0 aliphatic rings. The predicted molar refractivity (Wildman–Crippen MR) is 66.8 cm³/mol. The van der Waals surface area contributed by atoms with Gasteiger partial charge in [-0.05, 0) is 31.2 Å². The number of rotatable bonds is 4. The highest BCUT2D eigenvalue weighted by molar-refractivity contribution is 5.97. The highest BCUT2D eigenvalue weighted by Gasteiger charge is 2.10. The molecule has 0 spiro atoms. The van der Waals surface area contributed by atoms with Crippen LogP contribution in [0.15, 0.2) is 36.7 Å². The number of nitrogens with two attached hydrogens (primary N) is 1. The molecule has 0 saturated carbocycles. The van der Waals surface area contributed by atoms with Gasteiger partial charge in [-0.2, -0.15) is 0 Å². The summed E-state index contributed by atoms with van der Waals surface area (Å²) >= 11 is 0. The average molecular weight is 229 g/mol. The van der Waals surface area contributed by atoms with Crippen molar-refractivity contribution in [1.29, 1.82) is 0 Å². The van der Waals surface area contributed by atoms with E-state index in [-0.39, 0.29) is 5.78 Å². The Hall–Kier alpha value is -2.10. The number of hydrogen-bond acceptors (Lipinski definition) is 3. The van der Waals surface area contributed by atoms with Crippen LogP contribution in [0.5, 0.6) is 0 Å². The highest BCUT2D eigenvalue weighted by atomic mass is 16.1. The number of benzene rings is 1. The molecule has 17 heavy (non-hydrogen) atoms. The minimum absolute atomic E-state index is 0.0610. The fraction of sp³-hybridized carbons (Fsp3) is 0.231. The van der Waals surface area contributed by atoms with Gasteiger partial charge in [0.05, 0.1) is 6.42 Å². The molecule has 88 valence electrons. The summed E-state index contributed by atoms with van der Waals surface area (Å²) in [7, 11) is 0. The van der Waals surface area contributed by atoms with Crippen LogP contribution in [0.2, 0.25) is 0 Å². The van der Waals surface area contributed by atoms with Crippen LogP contribution in [0.3, 0.4) is 0 Å². The molecule has 0 aliphatic carbocycles. The van der Waals surface area contributed by atoms with Crippen molar-refractivity contribution in [2.24, 2.45) is 0 Å². The summed E-state index contributed by atoms with van der Waals surface area (Å²) in [4.78, 5) is 16.2. The number of aryl methyl sites for hydroxylation is 1. The highest BCUT2D eigenvalue weighted by Crippen LogP contribution is 2.09. The fourth-order valence-corrected chi connectivity index (χ4v) is 1.71. The normalized spacial score (nSPS) is 10.4. The molecule has 0 bridgehead atoms. The van der Waals surface area contributed by atoms with E-state index in [0.29, 0.717) is 17.7 Å². The topological polar surface area (TPSA) is 60.9 Å². The summed E-state index contributed by atoms with van der Waals surface area (Å²) in [5.41, 5.74) is 6.92. The first-order valence-corrected chi connectivity index (χ1v) is 5.59. The molecule has 1 aromatic heterocycles. The average Bonchev–Trinajstić information content (AvgIpc) is 2.77. The molecular weight excluding hydrogens is 214 g/mol. The van der Waals surface area contributed by atoms with E-state index in [4.69, 9.17) is 5.73 Å². The summed E-state index contributed by atoms with van der Waals surface area (Å²) in [6.07, 6.45) is 3.92. The van der Waals surface area contributed by atoms with E-state index >= 15 is 0 Å². The van der Waals surface area contributed by atoms with Crippen LogP contribution in [0.25, 0.3) is 0 Å². The summed E-state index contributed by atoms with van der Waals surface area (Å²) < 4.78 is 1.97. The summed E-state index contributed by atoms with van der Waals surface area (Å²) in [5, 5.41) is 0. The van der Waals surface area contributed by atoms with Crippen LogP contribution in [0.1, 0.15) is 23.1 Å². The van der Waals surface area contributed by atoms with Crippen LogP contribution in [-0.4, -0.2) is 15.3 Å². The molecule has 0 radical (unpaired) electrons. The van der Waals surface area contributed by atoms with Crippen molar-refractivity contribution < 1.29 is 4.79 Å². The van der Waals surface area contributed by atoms with Crippen LogP contribution in [0.4, 0.5) is 5.69 Å². The SMILES string of the molecule is CCn1ccnc1CC(=O)c1ccc(N)cc1. The molecule has 4 heteroatoms. The smallest absolute Gasteiger partial charge is 0.170 e. The first-order chi connectivity index (χ1) is 8.20. The van der Waals surface area contributed by atoms with Crippen LogP contribution in [-0.2, 0) is 13.0 Å². The Morgan fingerprint density at radius 1 is 1.35 bits per heavy atom. The second-order valence-corrected chi connectivity index (χ2v) is 3.85. The molecule has 1 heterocycles. The minimum atomic E-state index is 0.0610. The molecule has 0 amide bonds. The lowest BCUT2D eigenvalue weighted by Gasteiger charge is -2.04. The van der Waals surface area contributed by atoms with E-state index in [9.17, 15) is 4.79 Å². The number of carbonyl (C=O) groups is 1. The number of imidazole rings is 1. The number of hydrogen-bond donors (Lipinski definition) is 1. The van der Waals surface area contributed by atoms with Gasteiger partial charge in [-0.1, -0.05) is 0 Å². The monoisotopic (exact) mass is 229 g/mol. The van der Waals surface area contributed by atoms with Gasteiger partial charge in [0.1, 0.15) is 5.82 Å². The van der Waals surface area contributed by atoms with Gasteiger partial charge in [0.25, 0.3) is 0 Å². The van der Waals surface area contributed by atoms with Crippen LogP contribution < -0.4 is 5.73 Å². The molecule has 2 aromatic rings. The Bertz CT molecular complexity index is 514. The molecule has 4 nitrogen and oxygen atoms in total. The number of anilines is 1. The Kier molecular flexibility index (Phi) is 3.23. The molecule has 2 N–H and O–H groups in total. The van der Waals surface area contributed by atoms with Gasteiger partial charge < -0.3 is 10.3 Å². The first-order valence-electron chi connectivity index (χ1n) is 5.59. The maximum atomic E-state index is 12.0. The van der Waals surface area contributed by atoms with E-state index in [1.165, 1.54) is 0 Å². The fourth-order valence-electron chi connectivity index (χ4n) is 1.71. The summed E-state index contributed by atoms with van der Waals surface area (Å²) in [5.74, 6) is 0.861. The lowest BCUT2D eigenvalue weighted by Crippen LogP contribution is -2.09. The van der Waals surface area contributed by atoms with Crippen molar-refractivity contribution in [3.8, 4) is 0 Å². The zero-order valence-corrected chi connectivity index (χ0v) is 9.76. The number of carbonyl (C=O) groups excluding carboxylic acids is 1. The molecule has 2 rings (SSSR count). The van der Waals surface area contributed by atoms with E-state index in [2.05, 4.69) is 4.98 Å². The molecule has 0 aliphatic heterocycles. The molecular formula is C13H15N3O. The number of Topliss-reactive ketones (excluding diaryl/α,β-unsaturated/α-hetero) is 1. The number of nitrogen functional groups attached to an aromatic ring is 1. The predicted octanol–water partition coefficient (Wildman–Crippen LogP) is 1.91. The van der Waals surface area contributed by atoms with Crippen molar-refractivity contribution in [3.05, 3.63) is 48.0 Å². The van der Waals surface area contributed by atoms with Crippen LogP contribution in [0, 0.1) is 0 Å². The molecule has 1 aromatic carbocycles. The van der Waals surface area contributed by atoms with Crippen molar-refractivity contribution >= 4 is 11.5 Å². The third-order valence-electron chi connectivity index (χ3n) is 2.69. The quantitative estimate of drug-likeness (QED) is 0.643. The molecule has 0 saturated heterocycles. The number of aromatic nitrogens is 2. The molecule has 0 atom stereocenters. The minimum Gasteiger partial charge on any atom is -0.399 e. The van der Waals surface area contributed by atoms with E-state index in [0.717, 1.165) is 12.4 Å². The molecule has 0 fully saturated rings. The maximum absolute atomic E-state index is 12.0. The van der Waals surface area contributed by atoms with E-state index in [1.807, 2.05) is 17.7 Å². The van der Waals surface area contributed by atoms with Gasteiger partial charge in [0.15, 0.2) is 5.78 Å². The molecule has 0 unspecified atom stereocenters. The van der Waals surface area contributed by atoms with Crippen LogP contribution >= 0.6 is 0 Å². The van der Waals surface area contributed by atoms with Gasteiger partial charge in [-0.3, -0.25) is 4.79 Å². The second kappa shape index (κ2) is 4.82. The van der Waals surface area contributed by atoms with E-state index < -0.39 is 0 Å². The first kappa shape index (κ1) is 11.4. The Labute approximate surface area is 100 Å². The Morgan fingerprint density at radius 3 is 2.71 bits per heavy atom. The van der Waals surface area contributed by atoms with Gasteiger partial charge in [0, 0.05) is 30.2 Å². The van der Waals surface area contributed by atoms with Gasteiger partial charge in [-0.15, -0.1) is 0 Å². The Morgan fingerprint density at radius 2 is 2.06 bits per heavy atom. The lowest BCUT2D eigenvalue weighted by atomic mass is 10.1. The summed E-state index contributed by atoms with van der Waals surface area (Å²) in [6.45, 7) is 2.85. The second-order valence-electron chi connectivity index (χ2n) is 3.85. The Balaban J connectivity index is 2.14. The maximum Gasteiger partial charge on any atom is 0.170 e. The van der Waals surface area contributed by atoms with Gasteiger partial charge in [-0.25, -0.2) is 4.98 Å². The summed E-state index contributed by atoms with van der Waals surface area (Å²) in [6, 6.07) is 6.97. The van der Waals surface area contributed by atoms with Crippen molar-refractivity contribution in [2.75, 3.05) is 5.73 Å². The third-order valence-corrected chi connectivity index (χ3v) is 2.69. The van der Waals surface area contributed by atoms with E-state index in [1.54, 1.807) is 30.5 Å².